The lowest BCUT2D eigenvalue weighted by Crippen LogP contribution is -2.00. The van der Waals surface area contributed by atoms with Gasteiger partial charge in [-0.25, -0.2) is 15.0 Å². The maximum Gasteiger partial charge on any atom is 0.164 e. The summed E-state index contributed by atoms with van der Waals surface area (Å²) in [6.07, 6.45) is 0. The molecule has 4 heteroatoms. The zero-order valence-electron chi connectivity index (χ0n) is 30.8. The van der Waals surface area contributed by atoms with Gasteiger partial charge in [-0.1, -0.05) is 152 Å². The average Bonchev–Trinajstić information content (AvgIpc) is 3.56. The minimum atomic E-state index is 0.635. The van der Waals surface area contributed by atoms with E-state index in [4.69, 9.17) is 15.0 Å². The van der Waals surface area contributed by atoms with Crippen LogP contribution in [0.1, 0.15) is 0 Å². The average molecular weight is 725 g/mol. The van der Waals surface area contributed by atoms with E-state index in [-0.39, 0.29) is 0 Å². The fourth-order valence-corrected chi connectivity index (χ4v) is 8.98. The van der Waals surface area contributed by atoms with Crippen LogP contribution in [0.3, 0.4) is 0 Å². The van der Waals surface area contributed by atoms with Crippen molar-refractivity contribution in [3.05, 3.63) is 194 Å². The standard InChI is InChI=1S/C53H32N4/c1-3-14-34(15-4-1)45-32-47-50-48-42(21-11-22-44(45)48)40-19-9-10-20-41(40)43-23-12-24-46(49(43)50)57(47)39-29-27-36(28-30-39)52-54-51(35-16-5-2-6-17-35)55-53(56-52)38-26-25-33-13-7-8-18-37(33)31-38/h1-32H. The molecular formula is C53H32N4. The lowest BCUT2D eigenvalue weighted by Gasteiger charge is -2.16. The highest BCUT2D eigenvalue weighted by atomic mass is 15.0. The molecule has 1 aliphatic carbocycles. The fourth-order valence-electron chi connectivity index (χ4n) is 8.98. The number of benzene rings is 9. The minimum Gasteiger partial charge on any atom is -0.309 e. The zero-order chi connectivity index (χ0) is 37.5. The van der Waals surface area contributed by atoms with Crippen LogP contribution in [0.15, 0.2) is 194 Å². The number of fused-ring (bicyclic) bond motifs is 4. The summed E-state index contributed by atoms with van der Waals surface area (Å²) in [7, 11) is 0. The van der Waals surface area contributed by atoms with Crippen molar-refractivity contribution in [2.24, 2.45) is 0 Å². The summed E-state index contributed by atoms with van der Waals surface area (Å²) in [6.45, 7) is 0. The Morgan fingerprint density at radius 1 is 0.298 bits per heavy atom. The van der Waals surface area contributed by atoms with Crippen molar-refractivity contribution in [3.8, 4) is 73.2 Å². The summed E-state index contributed by atoms with van der Waals surface area (Å²) in [4.78, 5) is 15.2. The Balaban J connectivity index is 1.08. The first kappa shape index (κ1) is 31.6. The molecule has 12 rings (SSSR count). The van der Waals surface area contributed by atoms with E-state index < -0.39 is 0 Å². The van der Waals surface area contributed by atoms with Crippen molar-refractivity contribution in [2.75, 3.05) is 0 Å². The molecule has 0 amide bonds. The fraction of sp³-hybridized carbons (Fsp3) is 0. The molecule has 0 aliphatic heterocycles. The van der Waals surface area contributed by atoms with Crippen LogP contribution >= 0.6 is 0 Å². The molecule has 264 valence electrons. The van der Waals surface area contributed by atoms with Crippen LogP contribution in [-0.4, -0.2) is 19.5 Å². The molecule has 0 unspecified atom stereocenters. The van der Waals surface area contributed by atoms with Crippen LogP contribution in [0.4, 0.5) is 0 Å². The molecule has 2 heterocycles. The molecule has 0 saturated carbocycles. The molecule has 0 spiro atoms. The molecule has 0 saturated heterocycles. The molecule has 0 radical (unpaired) electrons. The quantitative estimate of drug-likeness (QED) is 0.177. The second-order valence-corrected chi connectivity index (χ2v) is 14.8. The third-order valence-electron chi connectivity index (χ3n) is 11.6. The monoisotopic (exact) mass is 724 g/mol. The van der Waals surface area contributed by atoms with Crippen molar-refractivity contribution >= 4 is 43.4 Å². The van der Waals surface area contributed by atoms with E-state index in [0.29, 0.717) is 17.5 Å². The van der Waals surface area contributed by atoms with Crippen LogP contribution in [0.5, 0.6) is 0 Å². The van der Waals surface area contributed by atoms with E-state index in [9.17, 15) is 0 Å². The molecule has 2 aromatic heterocycles. The lowest BCUT2D eigenvalue weighted by atomic mass is 9.90. The third kappa shape index (κ3) is 4.91. The highest BCUT2D eigenvalue weighted by molar-refractivity contribution is 6.32. The van der Waals surface area contributed by atoms with E-state index in [1.54, 1.807) is 0 Å². The normalized spacial score (nSPS) is 11.9. The highest BCUT2D eigenvalue weighted by Gasteiger charge is 2.26. The van der Waals surface area contributed by atoms with E-state index in [1.807, 2.05) is 18.2 Å². The van der Waals surface area contributed by atoms with Gasteiger partial charge in [0.2, 0.25) is 0 Å². The largest absolute Gasteiger partial charge is 0.309 e. The Hall–Kier alpha value is -7.69. The molecular weight excluding hydrogens is 693 g/mol. The van der Waals surface area contributed by atoms with Crippen LogP contribution in [-0.2, 0) is 0 Å². The van der Waals surface area contributed by atoms with Gasteiger partial charge in [-0.3, -0.25) is 0 Å². The van der Waals surface area contributed by atoms with Crippen molar-refractivity contribution in [1.82, 2.24) is 19.5 Å². The summed E-state index contributed by atoms with van der Waals surface area (Å²) >= 11 is 0. The van der Waals surface area contributed by atoms with Gasteiger partial charge in [-0.05, 0) is 92.0 Å². The van der Waals surface area contributed by atoms with E-state index in [1.165, 1.54) is 71.3 Å². The van der Waals surface area contributed by atoms with Gasteiger partial charge in [0.25, 0.3) is 0 Å². The minimum absolute atomic E-state index is 0.635. The molecule has 9 aromatic carbocycles. The van der Waals surface area contributed by atoms with Gasteiger partial charge in [0, 0.05) is 38.5 Å². The van der Waals surface area contributed by atoms with Crippen molar-refractivity contribution in [2.45, 2.75) is 0 Å². The van der Waals surface area contributed by atoms with E-state index in [0.717, 1.165) is 27.8 Å². The van der Waals surface area contributed by atoms with Crippen molar-refractivity contribution in [3.63, 3.8) is 0 Å². The Morgan fingerprint density at radius 2 is 0.842 bits per heavy atom. The lowest BCUT2D eigenvalue weighted by molar-refractivity contribution is 1.07. The van der Waals surface area contributed by atoms with Crippen LogP contribution in [0.2, 0.25) is 0 Å². The van der Waals surface area contributed by atoms with Gasteiger partial charge < -0.3 is 4.57 Å². The summed E-state index contributed by atoms with van der Waals surface area (Å²) in [5.74, 6) is 1.93. The van der Waals surface area contributed by atoms with Gasteiger partial charge in [0.15, 0.2) is 17.5 Å². The summed E-state index contributed by atoms with van der Waals surface area (Å²) < 4.78 is 2.44. The first-order chi connectivity index (χ1) is 28.3. The molecule has 4 nitrogen and oxygen atoms in total. The topological polar surface area (TPSA) is 43.6 Å². The highest BCUT2D eigenvalue weighted by Crippen LogP contribution is 2.51. The Bertz CT molecular complexity index is 3380. The predicted molar refractivity (Wildman–Crippen MR) is 235 cm³/mol. The SMILES string of the molecule is c1ccc(-c2nc(-c3ccc(-n4c5cccc6c5c5c7c(cccc7c(-c7ccccc7)cc54)-c4ccccc4-6)cc3)nc(-c3ccc4ccccc4c3)n2)cc1. The molecule has 0 bridgehead atoms. The smallest absolute Gasteiger partial charge is 0.164 e. The van der Waals surface area contributed by atoms with Crippen molar-refractivity contribution < 1.29 is 0 Å². The molecule has 0 fully saturated rings. The van der Waals surface area contributed by atoms with E-state index >= 15 is 0 Å². The summed E-state index contributed by atoms with van der Waals surface area (Å²) in [6, 6.07) is 69.3. The Morgan fingerprint density at radius 3 is 1.56 bits per heavy atom. The number of nitrogens with zero attached hydrogens (tertiary/aromatic N) is 4. The first-order valence-electron chi connectivity index (χ1n) is 19.4. The first-order valence-corrected chi connectivity index (χ1v) is 19.4. The molecule has 57 heavy (non-hydrogen) atoms. The Labute approximate surface area is 329 Å². The number of hydrogen-bond donors (Lipinski definition) is 0. The van der Waals surface area contributed by atoms with Gasteiger partial charge in [-0.2, -0.15) is 0 Å². The van der Waals surface area contributed by atoms with Crippen LogP contribution < -0.4 is 0 Å². The number of hydrogen-bond acceptors (Lipinski definition) is 3. The molecule has 11 aromatic rings. The maximum atomic E-state index is 5.10. The molecule has 1 aliphatic rings. The zero-order valence-corrected chi connectivity index (χ0v) is 30.8. The third-order valence-corrected chi connectivity index (χ3v) is 11.6. The van der Waals surface area contributed by atoms with Crippen LogP contribution in [0.25, 0.3) is 117 Å². The van der Waals surface area contributed by atoms with Gasteiger partial charge in [0.1, 0.15) is 0 Å². The van der Waals surface area contributed by atoms with Gasteiger partial charge in [0.05, 0.1) is 11.0 Å². The van der Waals surface area contributed by atoms with Crippen molar-refractivity contribution in [1.29, 1.82) is 0 Å². The number of rotatable bonds is 5. The molecule has 0 N–H and O–H groups in total. The van der Waals surface area contributed by atoms with Crippen LogP contribution in [0, 0.1) is 0 Å². The van der Waals surface area contributed by atoms with E-state index in [2.05, 4.69) is 180 Å². The number of aromatic nitrogens is 4. The summed E-state index contributed by atoms with van der Waals surface area (Å²) in [5, 5.41) is 7.46. The van der Waals surface area contributed by atoms with Gasteiger partial charge in [-0.15, -0.1) is 0 Å². The second-order valence-electron chi connectivity index (χ2n) is 14.8. The van der Waals surface area contributed by atoms with Gasteiger partial charge >= 0.3 is 0 Å². The predicted octanol–water partition coefficient (Wildman–Crippen LogP) is 13.6. The maximum absolute atomic E-state index is 5.10. The second kappa shape index (κ2) is 12.4. The summed E-state index contributed by atoms with van der Waals surface area (Å²) in [5.41, 5.74) is 13.7. The molecule has 0 atom stereocenters. The Kier molecular flexibility index (Phi) is 6.89.